The zero-order chi connectivity index (χ0) is 17.7. The van der Waals surface area contributed by atoms with Crippen LogP contribution < -0.4 is 16.2 Å². The summed E-state index contributed by atoms with van der Waals surface area (Å²) in [5.74, 6) is -1.09. The average molecular weight is 333 g/mol. The van der Waals surface area contributed by atoms with Gasteiger partial charge in [-0.25, -0.2) is 9.78 Å². The van der Waals surface area contributed by atoms with E-state index in [1.54, 1.807) is 39.1 Å². The monoisotopic (exact) mass is 333 g/mol. The van der Waals surface area contributed by atoms with Crippen LogP contribution >= 0.6 is 0 Å². The van der Waals surface area contributed by atoms with Crippen LogP contribution in [0.1, 0.15) is 31.1 Å². The number of carbonyl (C=O) groups is 3. The first-order valence-electron chi connectivity index (χ1n) is 7.24. The summed E-state index contributed by atoms with van der Waals surface area (Å²) < 4.78 is 4.99. The zero-order valence-corrected chi connectivity index (χ0v) is 13.6. The van der Waals surface area contributed by atoms with Crippen LogP contribution in [0.4, 0.5) is 4.79 Å². The first-order valence-corrected chi connectivity index (χ1v) is 7.24. The molecule has 0 bridgehead atoms. The fourth-order valence-corrected chi connectivity index (χ4v) is 1.85. The van der Waals surface area contributed by atoms with Crippen LogP contribution in [-0.2, 0) is 9.53 Å². The largest absolute Gasteiger partial charge is 0.444 e. The predicted molar refractivity (Wildman–Crippen MR) is 85.9 cm³/mol. The lowest BCUT2D eigenvalue weighted by atomic mass is 10.2. The molecule has 9 nitrogen and oxygen atoms in total. The highest BCUT2D eigenvalue weighted by Gasteiger charge is 2.17. The Morgan fingerprint density at radius 1 is 1.25 bits per heavy atom. The third-order valence-corrected chi connectivity index (χ3v) is 2.80. The molecule has 0 saturated heterocycles. The van der Waals surface area contributed by atoms with E-state index in [0.29, 0.717) is 16.6 Å². The number of nitrogens with one attached hydrogen (secondary N) is 4. The molecule has 2 aromatic rings. The summed E-state index contributed by atoms with van der Waals surface area (Å²) in [4.78, 5) is 42.1. The minimum absolute atomic E-state index is 0.329. The molecule has 0 atom stereocenters. The lowest BCUT2D eigenvalue weighted by molar-refractivity contribution is -0.121. The standard InChI is InChI=1S/C15H19N5O4/c1-15(2,3)24-14(23)18-8-11(21)19-20-13(22)10-7-17-12-9(10)5-4-6-16-12/h4-7H,8H2,1-3H3,(H,16,17)(H,18,23)(H,19,21)(H,20,22). The van der Waals surface area contributed by atoms with Crippen molar-refractivity contribution < 1.29 is 19.1 Å². The number of hydrazine groups is 1. The second-order valence-electron chi connectivity index (χ2n) is 5.96. The van der Waals surface area contributed by atoms with Crippen molar-refractivity contribution in [1.29, 1.82) is 0 Å². The molecule has 0 aliphatic rings. The molecular formula is C15H19N5O4. The van der Waals surface area contributed by atoms with Crippen molar-refractivity contribution in [2.75, 3.05) is 6.54 Å². The van der Waals surface area contributed by atoms with Crippen molar-refractivity contribution in [3.63, 3.8) is 0 Å². The Balaban J connectivity index is 1.81. The first-order chi connectivity index (χ1) is 11.3. The van der Waals surface area contributed by atoms with Gasteiger partial charge >= 0.3 is 6.09 Å². The summed E-state index contributed by atoms with van der Waals surface area (Å²) in [6.45, 7) is 4.80. The van der Waals surface area contributed by atoms with Crippen molar-refractivity contribution >= 4 is 28.9 Å². The number of pyridine rings is 1. The Morgan fingerprint density at radius 2 is 2.00 bits per heavy atom. The Labute approximate surface area is 138 Å². The lowest BCUT2D eigenvalue weighted by Crippen LogP contribution is -2.47. The number of amides is 3. The summed E-state index contributed by atoms with van der Waals surface area (Å²) in [7, 11) is 0. The van der Waals surface area contributed by atoms with Crippen LogP contribution in [0.3, 0.4) is 0 Å². The molecule has 9 heteroatoms. The van der Waals surface area contributed by atoms with Crippen molar-refractivity contribution in [3.8, 4) is 0 Å². The molecule has 128 valence electrons. The van der Waals surface area contributed by atoms with E-state index in [4.69, 9.17) is 4.74 Å². The van der Waals surface area contributed by atoms with Crippen molar-refractivity contribution in [1.82, 2.24) is 26.1 Å². The number of H-pyrrole nitrogens is 1. The van der Waals surface area contributed by atoms with Crippen LogP contribution in [0, 0.1) is 0 Å². The summed E-state index contributed by atoms with van der Waals surface area (Å²) >= 11 is 0. The normalized spacial score (nSPS) is 11.0. The highest BCUT2D eigenvalue weighted by molar-refractivity contribution is 6.06. The molecule has 0 unspecified atom stereocenters. The van der Waals surface area contributed by atoms with E-state index >= 15 is 0 Å². The number of carbonyl (C=O) groups excluding carboxylic acids is 3. The highest BCUT2D eigenvalue weighted by atomic mass is 16.6. The molecule has 0 fully saturated rings. The van der Waals surface area contributed by atoms with Gasteiger partial charge in [-0.3, -0.25) is 20.4 Å². The molecule has 2 heterocycles. The van der Waals surface area contributed by atoms with Crippen LogP contribution in [-0.4, -0.2) is 40.0 Å². The van der Waals surface area contributed by atoms with E-state index in [-0.39, 0.29) is 6.54 Å². The summed E-state index contributed by atoms with van der Waals surface area (Å²) in [5, 5.41) is 2.92. The molecule has 2 aromatic heterocycles. The van der Waals surface area contributed by atoms with Gasteiger partial charge in [-0.2, -0.15) is 0 Å². The molecule has 0 aromatic carbocycles. The first kappa shape index (κ1) is 17.3. The van der Waals surface area contributed by atoms with Gasteiger partial charge in [0.15, 0.2) is 0 Å². The number of aromatic nitrogens is 2. The van der Waals surface area contributed by atoms with Gasteiger partial charge in [-0.05, 0) is 32.9 Å². The van der Waals surface area contributed by atoms with E-state index in [0.717, 1.165) is 0 Å². The Bertz CT molecular complexity index is 763. The van der Waals surface area contributed by atoms with Crippen LogP contribution in [0.2, 0.25) is 0 Å². The molecule has 3 amide bonds. The number of ether oxygens (including phenoxy) is 1. The lowest BCUT2D eigenvalue weighted by Gasteiger charge is -2.19. The molecule has 0 aliphatic heterocycles. The van der Waals surface area contributed by atoms with E-state index in [1.165, 1.54) is 6.20 Å². The number of hydrogen-bond donors (Lipinski definition) is 4. The van der Waals surface area contributed by atoms with Gasteiger partial charge in [0.1, 0.15) is 17.8 Å². The van der Waals surface area contributed by atoms with Gasteiger partial charge in [-0.1, -0.05) is 0 Å². The van der Waals surface area contributed by atoms with Crippen LogP contribution in [0.15, 0.2) is 24.5 Å². The second-order valence-corrected chi connectivity index (χ2v) is 5.96. The fraction of sp³-hybridized carbons (Fsp3) is 0.333. The van der Waals surface area contributed by atoms with Crippen molar-refractivity contribution in [2.24, 2.45) is 0 Å². The maximum Gasteiger partial charge on any atom is 0.408 e. The van der Waals surface area contributed by atoms with Crippen molar-refractivity contribution in [3.05, 3.63) is 30.1 Å². The third-order valence-electron chi connectivity index (χ3n) is 2.80. The predicted octanol–water partition coefficient (Wildman–Crippen LogP) is 0.849. The van der Waals surface area contributed by atoms with Gasteiger partial charge < -0.3 is 15.0 Å². The fourth-order valence-electron chi connectivity index (χ4n) is 1.85. The number of fused-ring (bicyclic) bond motifs is 1. The van der Waals surface area contributed by atoms with Gasteiger partial charge in [-0.15, -0.1) is 0 Å². The molecule has 24 heavy (non-hydrogen) atoms. The molecule has 2 rings (SSSR count). The number of nitrogens with zero attached hydrogens (tertiary/aromatic N) is 1. The molecular weight excluding hydrogens is 314 g/mol. The molecule has 4 N–H and O–H groups in total. The Kier molecular flexibility index (Phi) is 5.02. The van der Waals surface area contributed by atoms with Gasteiger partial charge in [0.05, 0.1) is 5.56 Å². The van der Waals surface area contributed by atoms with Gasteiger partial charge in [0.2, 0.25) is 0 Å². The molecule has 0 radical (unpaired) electrons. The Hall–Kier alpha value is -3.10. The number of alkyl carbamates (subject to hydrolysis) is 1. The summed E-state index contributed by atoms with van der Waals surface area (Å²) in [6.07, 6.45) is 2.38. The number of aromatic amines is 1. The molecule has 0 aliphatic carbocycles. The van der Waals surface area contributed by atoms with Gasteiger partial charge in [0, 0.05) is 17.8 Å². The second kappa shape index (κ2) is 6.99. The van der Waals surface area contributed by atoms with E-state index in [9.17, 15) is 14.4 Å². The number of hydrogen-bond acceptors (Lipinski definition) is 5. The highest BCUT2D eigenvalue weighted by Crippen LogP contribution is 2.14. The summed E-state index contributed by atoms with van der Waals surface area (Å²) in [6, 6.07) is 3.44. The topological polar surface area (TPSA) is 125 Å². The minimum Gasteiger partial charge on any atom is -0.444 e. The minimum atomic E-state index is -0.716. The smallest absolute Gasteiger partial charge is 0.408 e. The van der Waals surface area contributed by atoms with Crippen LogP contribution in [0.25, 0.3) is 11.0 Å². The zero-order valence-electron chi connectivity index (χ0n) is 13.6. The number of rotatable bonds is 3. The third kappa shape index (κ3) is 4.70. The van der Waals surface area contributed by atoms with Gasteiger partial charge in [0.25, 0.3) is 11.8 Å². The summed E-state index contributed by atoms with van der Waals surface area (Å²) in [5.41, 5.74) is 4.74. The average Bonchev–Trinajstić information content (AvgIpc) is 2.93. The molecule has 0 saturated carbocycles. The maximum absolute atomic E-state index is 12.1. The van der Waals surface area contributed by atoms with E-state index in [1.807, 2.05) is 0 Å². The van der Waals surface area contributed by atoms with Crippen molar-refractivity contribution in [2.45, 2.75) is 26.4 Å². The van der Waals surface area contributed by atoms with Crippen LogP contribution in [0.5, 0.6) is 0 Å². The quantitative estimate of drug-likeness (QED) is 0.620. The van der Waals surface area contributed by atoms with E-state index < -0.39 is 23.5 Å². The van der Waals surface area contributed by atoms with E-state index in [2.05, 4.69) is 26.1 Å². The maximum atomic E-state index is 12.1. The SMILES string of the molecule is CC(C)(C)OC(=O)NCC(=O)NNC(=O)c1c[nH]c2ncccc12. The molecule has 0 spiro atoms. The Morgan fingerprint density at radius 3 is 2.71 bits per heavy atom.